The summed E-state index contributed by atoms with van der Waals surface area (Å²) < 4.78 is 19.1. The van der Waals surface area contributed by atoms with E-state index in [1.54, 1.807) is 18.2 Å². The van der Waals surface area contributed by atoms with Gasteiger partial charge in [-0.15, -0.1) is 0 Å². The van der Waals surface area contributed by atoms with E-state index in [2.05, 4.69) is 26.8 Å². The molecule has 132 valence electrons. The van der Waals surface area contributed by atoms with E-state index in [0.717, 1.165) is 57.4 Å². The number of halogens is 1. The van der Waals surface area contributed by atoms with Crippen LogP contribution >= 0.6 is 0 Å². The number of nitriles is 1. The van der Waals surface area contributed by atoms with Crippen molar-refractivity contribution in [2.75, 3.05) is 0 Å². The summed E-state index contributed by atoms with van der Waals surface area (Å²) in [6.45, 7) is 6.62. The second-order valence-corrected chi connectivity index (χ2v) is 19.8. The van der Waals surface area contributed by atoms with Crippen molar-refractivity contribution in [2.24, 2.45) is 0 Å². The van der Waals surface area contributed by atoms with Gasteiger partial charge in [0.05, 0.1) is 0 Å². The summed E-state index contributed by atoms with van der Waals surface area (Å²) in [4.78, 5) is 0. The molecule has 0 bridgehead atoms. The van der Waals surface area contributed by atoms with Crippen LogP contribution in [0.3, 0.4) is 0 Å². The molecule has 24 heavy (non-hydrogen) atoms. The Morgan fingerprint density at radius 3 is 1.79 bits per heavy atom. The third kappa shape index (κ3) is 6.59. The summed E-state index contributed by atoms with van der Waals surface area (Å²) in [6.07, 6.45) is 8.75. The molecule has 0 fully saturated rings. The Balaban J connectivity index is 3.10. The Hall–Kier alpha value is -0.821. The molecule has 1 nitrogen and oxygen atoms in total. The van der Waals surface area contributed by atoms with Gasteiger partial charge in [-0.2, -0.15) is 0 Å². The zero-order valence-corrected chi connectivity index (χ0v) is 18.4. The van der Waals surface area contributed by atoms with Crippen LogP contribution in [-0.4, -0.2) is 18.4 Å². The van der Waals surface area contributed by atoms with Crippen LogP contribution in [0.15, 0.2) is 28.1 Å². The molecule has 0 aliphatic carbocycles. The van der Waals surface area contributed by atoms with Crippen LogP contribution in [0.1, 0.15) is 70.4 Å². The summed E-state index contributed by atoms with van der Waals surface area (Å²) in [7, 11) is 0. The quantitative estimate of drug-likeness (QED) is 0.335. The molecule has 0 saturated carbocycles. The topological polar surface area (TPSA) is 23.8 Å². The first-order valence-corrected chi connectivity index (χ1v) is 17.0. The molecule has 0 aromatic heterocycles. The Kier molecular flexibility index (Phi) is 10.3. The summed E-state index contributed by atoms with van der Waals surface area (Å²) in [6, 6.07) is 9.42. The molecule has 0 aliphatic rings. The fourth-order valence-electron chi connectivity index (χ4n) is 3.23. The molecule has 0 saturated heterocycles. The van der Waals surface area contributed by atoms with Crippen LogP contribution in [0.2, 0.25) is 13.3 Å². The number of unbranched alkanes of at least 4 members (excludes halogenated alkanes) is 3. The number of hydrogen-bond donors (Lipinski definition) is 0. The van der Waals surface area contributed by atoms with Crippen molar-refractivity contribution in [1.29, 1.82) is 5.26 Å². The second-order valence-electron chi connectivity index (χ2n) is 6.82. The third-order valence-corrected chi connectivity index (χ3v) is 19.4. The van der Waals surface area contributed by atoms with Gasteiger partial charge >= 0.3 is 152 Å². The average molecular weight is 436 g/mol. The van der Waals surface area contributed by atoms with Crippen LogP contribution in [-0.2, 0) is 0 Å². The number of hydrogen-bond acceptors (Lipinski definition) is 1. The minimum atomic E-state index is -2.92. The molecule has 0 heterocycles. The zero-order chi connectivity index (χ0) is 17.8. The van der Waals surface area contributed by atoms with Crippen molar-refractivity contribution in [1.82, 2.24) is 0 Å². The second kappa shape index (κ2) is 11.7. The van der Waals surface area contributed by atoms with E-state index < -0.39 is 18.4 Å². The number of rotatable bonds is 11. The van der Waals surface area contributed by atoms with Gasteiger partial charge in [0.1, 0.15) is 0 Å². The van der Waals surface area contributed by atoms with Gasteiger partial charge in [-0.3, -0.25) is 0 Å². The van der Waals surface area contributed by atoms with Gasteiger partial charge in [-0.1, -0.05) is 0 Å². The minimum absolute atomic E-state index is 0.240. The molecule has 0 atom stereocenters. The van der Waals surface area contributed by atoms with Crippen molar-refractivity contribution in [3.63, 3.8) is 0 Å². The summed E-state index contributed by atoms with van der Waals surface area (Å²) in [5, 5.41) is 8.90. The number of nitrogens with zero attached hydrogens (tertiary/aromatic N) is 1. The molecule has 0 radical (unpaired) electrons. The van der Waals surface area contributed by atoms with E-state index in [1.807, 2.05) is 12.1 Å². The summed E-state index contributed by atoms with van der Waals surface area (Å²) in [5.74, 6) is 0. The molecule has 0 N–H and O–H groups in total. The standard InChI is InChI=1S/C9H5FN.3C4H9.Sn/c10-6-5-8-1-3-9(7-11)4-2-8;3*1-3-4-2;/h1-5H;3*1,3-4H2,2H3;. The molecule has 3 heteroatoms. The Labute approximate surface area is 151 Å². The van der Waals surface area contributed by atoms with Crippen molar-refractivity contribution < 1.29 is 4.39 Å². The van der Waals surface area contributed by atoms with Gasteiger partial charge in [0.2, 0.25) is 0 Å². The van der Waals surface area contributed by atoms with E-state index in [1.165, 1.54) is 0 Å². The molecule has 0 aliphatic heterocycles. The Morgan fingerprint density at radius 2 is 1.42 bits per heavy atom. The van der Waals surface area contributed by atoms with E-state index in [-0.39, 0.29) is 3.84 Å². The summed E-state index contributed by atoms with van der Waals surface area (Å²) in [5.41, 5.74) is 1.53. The van der Waals surface area contributed by atoms with Gasteiger partial charge in [-0.05, 0) is 0 Å². The molecule has 0 spiro atoms. The fraction of sp³-hybridized carbons (Fsp3) is 0.571. The van der Waals surface area contributed by atoms with Crippen LogP contribution in [0.5, 0.6) is 0 Å². The third-order valence-electron chi connectivity index (χ3n) is 4.87. The monoisotopic (exact) mass is 437 g/mol. The Morgan fingerprint density at radius 1 is 0.958 bits per heavy atom. The molecular formula is C21H32FNSn. The fourth-order valence-corrected chi connectivity index (χ4v) is 17.6. The van der Waals surface area contributed by atoms with E-state index >= 15 is 4.39 Å². The first kappa shape index (κ1) is 21.2. The maximum atomic E-state index is 15.5. The molecule has 0 unspecified atom stereocenters. The van der Waals surface area contributed by atoms with Crippen molar-refractivity contribution >= 4 is 24.5 Å². The van der Waals surface area contributed by atoms with Crippen molar-refractivity contribution in [2.45, 2.75) is 72.6 Å². The molecule has 1 rings (SSSR count). The van der Waals surface area contributed by atoms with Crippen LogP contribution in [0, 0.1) is 11.3 Å². The SMILES string of the molecule is CCC[CH2][Sn]([CH2]CCC)([CH2]CCC)/[C](F)=C/c1ccc(C#N)cc1. The van der Waals surface area contributed by atoms with Gasteiger partial charge in [0.15, 0.2) is 0 Å². The Bertz CT molecular complexity index is 520. The normalized spacial score (nSPS) is 12.2. The van der Waals surface area contributed by atoms with Gasteiger partial charge in [0, 0.05) is 0 Å². The molecule has 1 aromatic carbocycles. The van der Waals surface area contributed by atoms with Crippen molar-refractivity contribution in [3.05, 3.63) is 39.2 Å². The van der Waals surface area contributed by atoms with Gasteiger partial charge in [0.25, 0.3) is 0 Å². The van der Waals surface area contributed by atoms with Crippen molar-refractivity contribution in [3.8, 4) is 6.07 Å². The van der Waals surface area contributed by atoms with E-state index in [4.69, 9.17) is 5.26 Å². The first-order chi connectivity index (χ1) is 11.6. The average Bonchev–Trinajstić information content (AvgIpc) is 2.62. The first-order valence-electron chi connectivity index (χ1n) is 9.49. The number of benzene rings is 1. The molecule has 1 aromatic rings. The maximum absolute atomic E-state index is 15.5. The van der Waals surface area contributed by atoms with Crippen LogP contribution in [0.25, 0.3) is 6.08 Å². The van der Waals surface area contributed by atoms with E-state index in [9.17, 15) is 0 Å². The summed E-state index contributed by atoms with van der Waals surface area (Å²) >= 11 is -2.92. The van der Waals surface area contributed by atoms with E-state index in [0.29, 0.717) is 5.56 Å². The van der Waals surface area contributed by atoms with Gasteiger partial charge < -0.3 is 0 Å². The molecule has 0 amide bonds. The predicted octanol–water partition coefficient (Wildman–Crippen LogP) is 7.26. The van der Waals surface area contributed by atoms with Crippen LogP contribution < -0.4 is 0 Å². The predicted molar refractivity (Wildman–Crippen MR) is 105 cm³/mol. The molecular weight excluding hydrogens is 404 g/mol. The van der Waals surface area contributed by atoms with Gasteiger partial charge in [-0.25, -0.2) is 0 Å². The van der Waals surface area contributed by atoms with Crippen LogP contribution in [0.4, 0.5) is 4.39 Å². The zero-order valence-electron chi connectivity index (χ0n) is 15.6.